The minimum absolute atomic E-state index is 0.124. The van der Waals surface area contributed by atoms with E-state index in [2.05, 4.69) is 19.2 Å². The summed E-state index contributed by atoms with van der Waals surface area (Å²) in [6.07, 6.45) is 1.70. The minimum atomic E-state index is -0.278. The zero-order valence-corrected chi connectivity index (χ0v) is 10.3. The highest BCUT2D eigenvalue weighted by Gasteiger charge is 2.20. The molecule has 3 N–H and O–H groups in total. The molecule has 0 saturated carbocycles. The summed E-state index contributed by atoms with van der Waals surface area (Å²) >= 11 is 0. The molecule has 0 bridgehead atoms. The van der Waals surface area contributed by atoms with Gasteiger partial charge in [0.15, 0.2) is 0 Å². The number of primary amides is 1. The van der Waals surface area contributed by atoms with E-state index in [1.54, 1.807) is 7.11 Å². The van der Waals surface area contributed by atoms with Gasteiger partial charge in [-0.2, -0.15) is 0 Å². The van der Waals surface area contributed by atoms with Gasteiger partial charge in [0.05, 0.1) is 6.04 Å². The summed E-state index contributed by atoms with van der Waals surface area (Å²) in [7, 11) is 1.70. The predicted molar refractivity (Wildman–Crippen MR) is 61.6 cm³/mol. The molecule has 0 aromatic carbocycles. The Labute approximate surface area is 92.6 Å². The fourth-order valence-electron chi connectivity index (χ4n) is 1.31. The minimum Gasteiger partial charge on any atom is -0.385 e. The number of rotatable bonds is 8. The van der Waals surface area contributed by atoms with Crippen LogP contribution in [0.3, 0.4) is 0 Å². The maximum atomic E-state index is 11.0. The van der Waals surface area contributed by atoms with Crippen LogP contribution in [0.4, 0.5) is 0 Å². The van der Waals surface area contributed by atoms with E-state index in [-0.39, 0.29) is 17.4 Å². The van der Waals surface area contributed by atoms with Crippen molar-refractivity contribution in [1.82, 2.24) is 5.32 Å². The molecule has 4 nitrogen and oxygen atoms in total. The van der Waals surface area contributed by atoms with Crippen molar-refractivity contribution >= 4 is 5.91 Å². The largest absolute Gasteiger partial charge is 0.385 e. The molecule has 0 aromatic heterocycles. The SMILES string of the molecule is CCC(NCC(C)(C)CCOC)C(N)=O. The highest BCUT2D eigenvalue weighted by molar-refractivity contribution is 5.79. The summed E-state index contributed by atoms with van der Waals surface area (Å²) in [6.45, 7) is 7.75. The zero-order chi connectivity index (χ0) is 11.9. The molecule has 0 fully saturated rings. The molecule has 4 heteroatoms. The van der Waals surface area contributed by atoms with Gasteiger partial charge in [-0.1, -0.05) is 20.8 Å². The Morgan fingerprint density at radius 2 is 2.13 bits per heavy atom. The molecular formula is C11H24N2O2. The molecule has 0 aliphatic carbocycles. The van der Waals surface area contributed by atoms with Crippen LogP contribution in [0.2, 0.25) is 0 Å². The van der Waals surface area contributed by atoms with Crippen LogP contribution >= 0.6 is 0 Å². The second kappa shape index (κ2) is 6.80. The van der Waals surface area contributed by atoms with E-state index in [9.17, 15) is 4.79 Å². The Morgan fingerprint density at radius 1 is 1.53 bits per heavy atom. The number of ether oxygens (including phenoxy) is 1. The van der Waals surface area contributed by atoms with Crippen LogP contribution in [0.15, 0.2) is 0 Å². The van der Waals surface area contributed by atoms with Crippen LogP contribution in [0.5, 0.6) is 0 Å². The fraction of sp³-hybridized carbons (Fsp3) is 0.909. The average Bonchev–Trinajstić information content (AvgIpc) is 2.15. The third-order valence-corrected chi connectivity index (χ3v) is 2.56. The first-order valence-corrected chi connectivity index (χ1v) is 5.44. The van der Waals surface area contributed by atoms with Crippen LogP contribution < -0.4 is 11.1 Å². The van der Waals surface area contributed by atoms with Gasteiger partial charge >= 0.3 is 0 Å². The second-order valence-electron chi connectivity index (χ2n) is 4.65. The van der Waals surface area contributed by atoms with Gasteiger partial charge in [-0.3, -0.25) is 4.79 Å². The number of hydrogen-bond acceptors (Lipinski definition) is 3. The van der Waals surface area contributed by atoms with Crippen molar-refractivity contribution in [3.63, 3.8) is 0 Å². The number of carbonyl (C=O) groups excluding carboxylic acids is 1. The van der Waals surface area contributed by atoms with Gasteiger partial charge in [-0.15, -0.1) is 0 Å². The molecular weight excluding hydrogens is 192 g/mol. The Bertz CT molecular complexity index is 193. The lowest BCUT2D eigenvalue weighted by atomic mass is 9.89. The van der Waals surface area contributed by atoms with Gasteiger partial charge in [0.25, 0.3) is 0 Å². The monoisotopic (exact) mass is 216 g/mol. The van der Waals surface area contributed by atoms with Crippen molar-refractivity contribution in [3.8, 4) is 0 Å². The van der Waals surface area contributed by atoms with Crippen molar-refractivity contribution in [2.45, 2.75) is 39.7 Å². The first-order chi connectivity index (χ1) is 6.93. The Kier molecular flexibility index (Phi) is 6.52. The number of carbonyl (C=O) groups is 1. The second-order valence-corrected chi connectivity index (χ2v) is 4.65. The summed E-state index contributed by atoms with van der Waals surface area (Å²) < 4.78 is 5.04. The highest BCUT2D eigenvalue weighted by atomic mass is 16.5. The number of hydrogen-bond donors (Lipinski definition) is 2. The molecule has 15 heavy (non-hydrogen) atoms. The maximum Gasteiger partial charge on any atom is 0.234 e. The lowest BCUT2D eigenvalue weighted by molar-refractivity contribution is -0.120. The van der Waals surface area contributed by atoms with Gasteiger partial charge in [0, 0.05) is 20.3 Å². The van der Waals surface area contributed by atoms with E-state index in [0.29, 0.717) is 0 Å². The Hall–Kier alpha value is -0.610. The molecule has 1 atom stereocenters. The maximum absolute atomic E-state index is 11.0. The smallest absolute Gasteiger partial charge is 0.234 e. The first kappa shape index (κ1) is 14.4. The number of methoxy groups -OCH3 is 1. The molecule has 1 unspecified atom stereocenters. The van der Waals surface area contributed by atoms with E-state index in [0.717, 1.165) is 26.0 Å². The molecule has 0 aromatic rings. The first-order valence-electron chi connectivity index (χ1n) is 5.44. The summed E-state index contributed by atoms with van der Waals surface area (Å²) in [6, 6.07) is -0.216. The van der Waals surface area contributed by atoms with Crippen LogP contribution in [0, 0.1) is 5.41 Å². The summed E-state index contributed by atoms with van der Waals surface area (Å²) in [5.41, 5.74) is 5.37. The molecule has 0 radical (unpaired) electrons. The van der Waals surface area contributed by atoms with Gasteiger partial charge in [0.2, 0.25) is 5.91 Å². The van der Waals surface area contributed by atoms with E-state index in [1.807, 2.05) is 6.92 Å². The normalized spacial score (nSPS) is 13.9. The van der Waals surface area contributed by atoms with E-state index in [4.69, 9.17) is 10.5 Å². The van der Waals surface area contributed by atoms with E-state index < -0.39 is 0 Å². The average molecular weight is 216 g/mol. The number of nitrogens with two attached hydrogens (primary N) is 1. The third kappa shape index (κ3) is 6.47. The van der Waals surface area contributed by atoms with Crippen LogP contribution in [-0.4, -0.2) is 32.2 Å². The Morgan fingerprint density at radius 3 is 2.53 bits per heavy atom. The van der Waals surface area contributed by atoms with Crippen LogP contribution in [0.1, 0.15) is 33.6 Å². The van der Waals surface area contributed by atoms with Crippen molar-refractivity contribution < 1.29 is 9.53 Å². The molecule has 0 aliphatic heterocycles. The van der Waals surface area contributed by atoms with Crippen molar-refractivity contribution in [1.29, 1.82) is 0 Å². The summed E-state index contributed by atoms with van der Waals surface area (Å²) in [4.78, 5) is 11.0. The molecule has 0 heterocycles. The molecule has 0 aliphatic rings. The molecule has 0 saturated heterocycles. The van der Waals surface area contributed by atoms with Crippen LogP contribution in [0.25, 0.3) is 0 Å². The topological polar surface area (TPSA) is 64.3 Å². The molecule has 0 rings (SSSR count). The molecule has 1 amide bonds. The zero-order valence-electron chi connectivity index (χ0n) is 10.3. The lowest BCUT2D eigenvalue weighted by Crippen LogP contribution is -2.44. The van der Waals surface area contributed by atoms with Crippen molar-refractivity contribution in [2.75, 3.05) is 20.3 Å². The fourth-order valence-corrected chi connectivity index (χ4v) is 1.31. The van der Waals surface area contributed by atoms with Gasteiger partial charge in [-0.25, -0.2) is 0 Å². The highest BCUT2D eigenvalue weighted by Crippen LogP contribution is 2.19. The quantitative estimate of drug-likeness (QED) is 0.633. The van der Waals surface area contributed by atoms with E-state index >= 15 is 0 Å². The number of amides is 1. The van der Waals surface area contributed by atoms with Crippen molar-refractivity contribution in [3.05, 3.63) is 0 Å². The van der Waals surface area contributed by atoms with Crippen LogP contribution in [-0.2, 0) is 9.53 Å². The van der Waals surface area contributed by atoms with Gasteiger partial charge in [-0.05, 0) is 18.3 Å². The van der Waals surface area contributed by atoms with Gasteiger partial charge < -0.3 is 15.8 Å². The summed E-state index contributed by atoms with van der Waals surface area (Å²) in [5.74, 6) is -0.278. The van der Waals surface area contributed by atoms with Crippen molar-refractivity contribution in [2.24, 2.45) is 11.1 Å². The predicted octanol–water partition coefficient (Wildman–Crippen LogP) is 0.903. The third-order valence-electron chi connectivity index (χ3n) is 2.56. The summed E-state index contributed by atoms with van der Waals surface area (Å²) in [5, 5.41) is 3.19. The van der Waals surface area contributed by atoms with E-state index in [1.165, 1.54) is 0 Å². The molecule has 90 valence electrons. The molecule has 0 spiro atoms. The standard InChI is InChI=1S/C11H24N2O2/c1-5-9(10(12)14)13-8-11(2,3)6-7-15-4/h9,13H,5-8H2,1-4H3,(H2,12,14). The Balaban J connectivity index is 3.94. The lowest BCUT2D eigenvalue weighted by Gasteiger charge is -2.26. The van der Waals surface area contributed by atoms with Gasteiger partial charge in [0.1, 0.15) is 0 Å². The number of nitrogens with one attached hydrogen (secondary N) is 1.